The van der Waals surface area contributed by atoms with Gasteiger partial charge in [-0.15, -0.1) is 0 Å². The van der Waals surface area contributed by atoms with E-state index >= 15 is 0 Å². The van der Waals surface area contributed by atoms with E-state index in [4.69, 9.17) is 0 Å². The van der Waals surface area contributed by atoms with Gasteiger partial charge in [-0.05, 0) is 0 Å². The minimum atomic E-state index is 0.351. The van der Waals surface area contributed by atoms with Crippen LogP contribution in [0.3, 0.4) is 0 Å². The summed E-state index contributed by atoms with van der Waals surface area (Å²) >= 11 is 0.351. The number of rotatable bonds is 1. The quantitative estimate of drug-likeness (QED) is 0.457. The second-order valence-electron chi connectivity index (χ2n) is 0.866. The number of hydrogen-bond donors (Lipinski definition) is 0. The summed E-state index contributed by atoms with van der Waals surface area (Å²) in [6, 6.07) is 0. The van der Waals surface area contributed by atoms with E-state index in [1.54, 1.807) is 0 Å². The van der Waals surface area contributed by atoms with E-state index < -0.39 is 0 Å². The average Bonchev–Trinajstić information content (AvgIpc) is 2.14. The Morgan fingerprint density at radius 1 is 1.71 bits per heavy atom. The van der Waals surface area contributed by atoms with Crippen LogP contribution in [0.4, 0.5) is 0 Å². The van der Waals surface area contributed by atoms with Crippen molar-refractivity contribution in [3.8, 4) is 0 Å². The van der Waals surface area contributed by atoms with Gasteiger partial charge < -0.3 is 0 Å². The minimum absolute atomic E-state index is 0.351. The maximum atomic E-state index is 3.59. The summed E-state index contributed by atoms with van der Waals surface area (Å²) in [5.41, 5.74) is 0. The zero-order valence-electron chi connectivity index (χ0n) is 3.70. The molecule has 1 aromatic heterocycles. The predicted octanol–water partition coefficient (Wildman–Crippen LogP) is -1.79. The normalized spacial score (nSPS) is 9.29. The summed E-state index contributed by atoms with van der Waals surface area (Å²) in [5, 5.41) is 13.8. The van der Waals surface area contributed by atoms with Gasteiger partial charge in [-0.1, -0.05) is 0 Å². The molecule has 0 saturated carbocycles. The fourth-order valence-corrected chi connectivity index (χ4v) is 0.714. The van der Waals surface area contributed by atoms with E-state index in [1.807, 2.05) is 5.82 Å². The van der Waals surface area contributed by atoms with Gasteiger partial charge >= 0.3 is 46.1 Å². The molecule has 0 radical (unpaired) electrons. The van der Waals surface area contributed by atoms with E-state index in [0.29, 0.717) is 15.0 Å². The molecule has 1 aromatic rings. The van der Waals surface area contributed by atoms with Crippen LogP contribution in [0.1, 0.15) is 0 Å². The van der Waals surface area contributed by atoms with Crippen LogP contribution >= 0.6 is 0 Å². The molecule has 4 nitrogen and oxygen atoms in total. The van der Waals surface area contributed by atoms with E-state index in [2.05, 4.69) is 20.6 Å². The standard InChI is InChI=1S/C2H3N4Se/c1-7-2-3-5-6-4-2/h1H3/q-1. The van der Waals surface area contributed by atoms with Crippen molar-refractivity contribution in [2.45, 2.75) is 5.82 Å². The fourth-order valence-electron chi connectivity index (χ4n) is 0.218. The first-order valence-electron chi connectivity index (χ1n) is 1.66. The van der Waals surface area contributed by atoms with Crippen LogP contribution in [0.25, 0.3) is 0 Å². The van der Waals surface area contributed by atoms with Gasteiger partial charge in [0.1, 0.15) is 0 Å². The number of nitrogens with zero attached hydrogens (tertiary/aromatic N) is 4. The molecular formula is C2H3N4Se-. The fraction of sp³-hybridized carbons (Fsp3) is 0.500. The Bertz CT molecular complexity index is 124. The number of hydrogen-bond acceptors (Lipinski definition) is 3. The van der Waals surface area contributed by atoms with E-state index in [-0.39, 0.29) is 0 Å². The second-order valence-corrected chi connectivity index (χ2v) is 2.49. The van der Waals surface area contributed by atoms with Crippen LogP contribution in [0, 0.1) is 0 Å². The van der Waals surface area contributed by atoms with Gasteiger partial charge in [-0.3, -0.25) is 0 Å². The molecule has 0 aliphatic heterocycles. The molecule has 7 heavy (non-hydrogen) atoms. The molecule has 0 atom stereocenters. The van der Waals surface area contributed by atoms with Crippen LogP contribution in [-0.4, -0.2) is 30.5 Å². The molecule has 0 amide bonds. The third-order valence-electron chi connectivity index (χ3n) is 0.483. The van der Waals surface area contributed by atoms with Crippen LogP contribution in [0.15, 0.2) is 0 Å². The molecule has 1 heterocycles. The van der Waals surface area contributed by atoms with Gasteiger partial charge in [-0.2, -0.15) is 0 Å². The van der Waals surface area contributed by atoms with Crippen molar-refractivity contribution in [1.29, 1.82) is 0 Å². The predicted molar refractivity (Wildman–Crippen MR) is 24.4 cm³/mol. The van der Waals surface area contributed by atoms with Gasteiger partial charge in [0.25, 0.3) is 0 Å². The summed E-state index contributed by atoms with van der Waals surface area (Å²) in [4.78, 5) is 0. The van der Waals surface area contributed by atoms with Crippen LogP contribution in [0.2, 0.25) is 5.82 Å². The van der Waals surface area contributed by atoms with Crippen LogP contribution in [0.5, 0.6) is 0 Å². The molecule has 0 N–H and O–H groups in total. The zero-order valence-corrected chi connectivity index (χ0v) is 5.41. The Balaban J connectivity index is 2.76. The molecule has 0 unspecified atom stereocenters. The van der Waals surface area contributed by atoms with Crippen LogP contribution < -0.4 is 9.82 Å². The molecule has 0 spiro atoms. The summed E-state index contributed by atoms with van der Waals surface area (Å²) in [6.07, 6.45) is 0. The first-order chi connectivity index (χ1) is 3.43. The third kappa shape index (κ3) is 0.976. The van der Waals surface area contributed by atoms with Crippen molar-refractivity contribution >= 4 is 19.7 Å². The van der Waals surface area contributed by atoms with Crippen molar-refractivity contribution in [2.24, 2.45) is 0 Å². The molecule has 0 bridgehead atoms. The average molecular weight is 162 g/mol. The van der Waals surface area contributed by atoms with Crippen molar-refractivity contribution < 1.29 is 0 Å². The first-order valence-corrected chi connectivity index (χ1v) is 4.23. The van der Waals surface area contributed by atoms with Gasteiger partial charge in [-0.25, -0.2) is 0 Å². The van der Waals surface area contributed by atoms with Crippen LogP contribution in [-0.2, 0) is 0 Å². The van der Waals surface area contributed by atoms with E-state index in [9.17, 15) is 0 Å². The first kappa shape index (κ1) is 4.74. The summed E-state index contributed by atoms with van der Waals surface area (Å²) < 4.78 is 0.771. The second kappa shape index (κ2) is 2.04. The molecular weight excluding hydrogens is 159 g/mol. The molecule has 5 heteroatoms. The van der Waals surface area contributed by atoms with Gasteiger partial charge in [0.05, 0.1) is 0 Å². The summed E-state index contributed by atoms with van der Waals surface area (Å²) in [5.74, 6) is 2.02. The Hall–Kier alpha value is -0.411. The Morgan fingerprint density at radius 2 is 2.57 bits per heavy atom. The Morgan fingerprint density at radius 3 is 2.86 bits per heavy atom. The number of aromatic nitrogens is 4. The monoisotopic (exact) mass is 163 g/mol. The maximum absolute atomic E-state index is 3.59. The SMILES string of the molecule is C[Se]c1nnn[n-]1. The Labute approximate surface area is 46.9 Å². The summed E-state index contributed by atoms with van der Waals surface area (Å²) in [6.45, 7) is 0. The van der Waals surface area contributed by atoms with Crippen molar-refractivity contribution in [2.75, 3.05) is 0 Å². The molecule has 0 aromatic carbocycles. The van der Waals surface area contributed by atoms with Crippen molar-refractivity contribution in [3.63, 3.8) is 0 Å². The molecule has 0 aliphatic carbocycles. The molecule has 0 aliphatic rings. The van der Waals surface area contributed by atoms with Crippen molar-refractivity contribution in [1.82, 2.24) is 20.6 Å². The third-order valence-corrected chi connectivity index (χ3v) is 1.59. The molecule has 0 saturated heterocycles. The van der Waals surface area contributed by atoms with Gasteiger partial charge in [0.15, 0.2) is 0 Å². The van der Waals surface area contributed by atoms with E-state index in [1.165, 1.54) is 0 Å². The Kier molecular flexibility index (Phi) is 1.38. The van der Waals surface area contributed by atoms with Gasteiger partial charge in [0, 0.05) is 0 Å². The molecule has 0 fully saturated rings. The topological polar surface area (TPSA) is 52.8 Å². The van der Waals surface area contributed by atoms with Gasteiger partial charge in [0.2, 0.25) is 0 Å². The molecule has 1 rings (SSSR count). The number of tetrazole rings is 1. The zero-order chi connectivity index (χ0) is 5.11. The molecule has 38 valence electrons. The van der Waals surface area contributed by atoms with E-state index in [0.717, 1.165) is 4.72 Å². The summed E-state index contributed by atoms with van der Waals surface area (Å²) in [7, 11) is 0. The van der Waals surface area contributed by atoms with Crippen molar-refractivity contribution in [3.05, 3.63) is 0 Å².